The van der Waals surface area contributed by atoms with E-state index in [1.54, 1.807) is 51.5 Å². The molecule has 0 saturated heterocycles. The molecule has 0 aliphatic carbocycles. The number of hydrazone groups is 1. The molecule has 0 bridgehead atoms. The maximum Gasteiger partial charge on any atom is 0.262 e. The van der Waals surface area contributed by atoms with E-state index in [9.17, 15) is 9.18 Å². The van der Waals surface area contributed by atoms with Gasteiger partial charge >= 0.3 is 0 Å². The Balaban J connectivity index is 1.94. The number of carbonyl (C=O) groups excluding carboxylic acids is 1. The van der Waals surface area contributed by atoms with Gasteiger partial charge in [0.1, 0.15) is 23.4 Å². The molecule has 7 heteroatoms. The van der Waals surface area contributed by atoms with Crippen molar-refractivity contribution in [2.45, 2.75) is 13.0 Å². The zero-order valence-corrected chi connectivity index (χ0v) is 14.2. The van der Waals surface area contributed by atoms with Crippen LogP contribution in [0.1, 0.15) is 12.5 Å². The number of hydrogen-bond acceptors (Lipinski definition) is 5. The van der Waals surface area contributed by atoms with Gasteiger partial charge in [-0.3, -0.25) is 4.79 Å². The highest BCUT2D eigenvalue weighted by Gasteiger charge is 2.11. The first-order valence-electron chi connectivity index (χ1n) is 7.60. The van der Waals surface area contributed by atoms with E-state index < -0.39 is 6.04 Å². The average Bonchev–Trinajstić information content (AvgIpc) is 2.63. The lowest BCUT2D eigenvalue weighted by Gasteiger charge is -2.13. The number of benzene rings is 2. The zero-order chi connectivity index (χ0) is 18.2. The van der Waals surface area contributed by atoms with Gasteiger partial charge < -0.3 is 14.8 Å². The number of ether oxygens (including phenoxy) is 2. The van der Waals surface area contributed by atoms with E-state index in [0.717, 1.165) is 0 Å². The van der Waals surface area contributed by atoms with Crippen LogP contribution in [0.25, 0.3) is 0 Å². The summed E-state index contributed by atoms with van der Waals surface area (Å²) in [6.07, 6.45) is 1.49. The average molecular weight is 345 g/mol. The van der Waals surface area contributed by atoms with Gasteiger partial charge in [-0.05, 0) is 43.3 Å². The van der Waals surface area contributed by atoms with Crippen LogP contribution in [-0.4, -0.2) is 32.4 Å². The van der Waals surface area contributed by atoms with E-state index >= 15 is 0 Å². The molecule has 2 aromatic rings. The number of amides is 1. The van der Waals surface area contributed by atoms with Crippen LogP contribution in [-0.2, 0) is 4.79 Å². The maximum atomic E-state index is 12.9. The molecule has 0 aliphatic rings. The molecule has 1 atom stereocenters. The number of anilines is 1. The highest BCUT2D eigenvalue weighted by Crippen LogP contribution is 2.22. The quantitative estimate of drug-likeness (QED) is 0.598. The molecule has 0 heterocycles. The second-order valence-corrected chi connectivity index (χ2v) is 5.22. The lowest BCUT2D eigenvalue weighted by molar-refractivity contribution is -0.121. The molecule has 0 aliphatic heterocycles. The summed E-state index contributed by atoms with van der Waals surface area (Å²) in [5, 5.41) is 6.90. The lowest BCUT2D eigenvalue weighted by atomic mass is 10.2. The second kappa shape index (κ2) is 8.68. The van der Waals surface area contributed by atoms with Crippen LogP contribution < -0.4 is 20.2 Å². The van der Waals surface area contributed by atoms with Gasteiger partial charge in [0, 0.05) is 17.3 Å². The summed E-state index contributed by atoms with van der Waals surface area (Å²) in [6.45, 7) is 1.68. The van der Waals surface area contributed by atoms with Crippen molar-refractivity contribution < 1.29 is 18.7 Å². The molecule has 2 aromatic carbocycles. The smallest absolute Gasteiger partial charge is 0.262 e. The number of rotatable bonds is 7. The number of methoxy groups -OCH3 is 2. The summed E-state index contributed by atoms with van der Waals surface area (Å²) >= 11 is 0. The molecule has 2 rings (SSSR count). The number of hydrogen-bond donors (Lipinski definition) is 2. The number of nitrogens with zero attached hydrogens (tertiary/aromatic N) is 1. The Kier molecular flexibility index (Phi) is 6.33. The Hall–Kier alpha value is -3.09. The number of halogens is 1. The van der Waals surface area contributed by atoms with Crippen LogP contribution in [0.2, 0.25) is 0 Å². The van der Waals surface area contributed by atoms with Gasteiger partial charge in [-0.25, -0.2) is 9.82 Å². The number of nitrogens with one attached hydrogen (secondary N) is 2. The summed E-state index contributed by atoms with van der Waals surface area (Å²) in [6, 6.07) is 10.5. The predicted molar refractivity (Wildman–Crippen MR) is 94.8 cm³/mol. The van der Waals surface area contributed by atoms with Crippen molar-refractivity contribution in [3.05, 3.63) is 53.8 Å². The van der Waals surface area contributed by atoms with Crippen LogP contribution in [0.5, 0.6) is 11.5 Å². The van der Waals surface area contributed by atoms with Gasteiger partial charge in [0.25, 0.3) is 5.91 Å². The Morgan fingerprint density at radius 1 is 1.16 bits per heavy atom. The Labute approximate surface area is 145 Å². The monoisotopic (exact) mass is 345 g/mol. The van der Waals surface area contributed by atoms with Crippen LogP contribution in [0.3, 0.4) is 0 Å². The minimum Gasteiger partial charge on any atom is -0.497 e. The summed E-state index contributed by atoms with van der Waals surface area (Å²) < 4.78 is 23.3. The van der Waals surface area contributed by atoms with E-state index in [2.05, 4.69) is 15.8 Å². The van der Waals surface area contributed by atoms with E-state index in [1.165, 1.54) is 18.3 Å². The third-order valence-corrected chi connectivity index (χ3v) is 3.44. The van der Waals surface area contributed by atoms with Gasteiger partial charge in [-0.1, -0.05) is 0 Å². The van der Waals surface area contributed by atoms with Gasteiger partial charge in [0.15, 0.2) is 0 Å². The fraction of sp³-hybridized carbons (Fsp3) is 0.222. The van der Waals surface area contributed by atoms with Gasteiger partial charge in [0.05, 0.1) is 20.4 Å². The molecular formula is C18H20FN3O3. The summed E-state index contributed by atoms with van der Waals surface area (Å²) in [7, 11) is 3.11. The van der Waals surface area contributed by atoms with E-state index in [1.807, 2.05) is 0 Å². The molecule has 0 saturated carbocycles. The van der Waals surface area contributed by atoms with Crippen LogP contribution in [0, 0.1) is 5.82 Å². The van der Waals surface area contributed by atoms with Crippen molar-refractivity contribution >= 4 is 17.8 Å². The predicted octanol–water partition coefficient (Wildman–Crippen LogP) is 2.79. The summed E-state index contributed by atoms with van der Waals surface area (Å²) in [5.41, 5.74) is 3.79. The Bertz CT molecular complexity index is 748. The Morgan fingerprint density at radius 3 is 2.52 bits per heavy atom. The van der Waals surface area contributed by atoms with E-state index in [-0.39, 0.29) is 11.7 Å². The summed E-state index contributed by atoms with van der Waals surface area (Å²) in [4.78, 5) is 12.0. The Morgan fingerprint density at radius 2 is 1.88 bits per heavy atom. The highest BCUT2D eigenvalue weighted by atomic mass is 19.1. The molecular weight excluding hydrogens is 325 g/mol. The van der Waals surface area contributed by atoms with Gasteiger partial charge in [0.2, 0.25) is 0 Å². The van der Waals surface area contributed by atoms with Gasteiger partial charge in [-0.15, -0.1) is 0 Å². The van der Waals surface area contributed by atoms with Crippen molar-refractivity contribution in [3.8, 4) is 11.5 Å². The highest BCUT2D eigenvalue weighted by molar-refractivity contribution is 5.87. The fourth-order valence-electron chi connectivity index (χ4n) is 2.05. The van der Waals surface area contributed by atoms with Crippen LogP contribution >= 0.6 is 0 Å². The topological polar surface area (TPSA) is 72.0 Å². The molecule has 25 heavy (non-hydrogen) atoms. The van der Waals surface area contributed by atoms with Crippen molar-refractivity contribution in [3.63, 3.8) is 0 Å². The molecule has 132 valence electrons. The van der Waals surface area contributed by atoms with Crippen molar-refractivity contribution in [2.75, 3.05) is 19.5 Å². The van der Waals surface area contributed by atoms with Crippen LogP contribution in [0.15, 0.2) is 47.6 Å². The van der Waals surface area contributed by atoms with Crippen molar-refractivity contribution in [1.82, 2.24) is 5.43 Å². The minimum absolute atomic E-state index is 0.326. The fourth-order valence-corrected chi connectivity index (χ4v) is 2.05. The maximum absolute atomic E-state index is 12.9. The lowest BCUT2D eigenvalue weighted by Crippen LogP contribution is -2.34. The standard InChI is InChI=1S/C18H20FN3O3/c1-12(21-15-7-5-14(19)6-8-15)18(23)22-20-11-13-4-9-16(24-2)10-17(13)25-3/h4-12,21H,1-3H3,(H,22,23)/b20-11-/t12-/m1/s1. The second-order valence-electron chi connectivity index (χ2n) is 5.22. The first kappa shape index (κ1) is 18.3. The molecule has 0 spiro atoms. The molecule has 0 aromatic heterocycles. The molecule has 6 nitrogen and oxygen atoms in total. The molecule has 2 N–H and O–H groups in total. The first-order valence-corrected chi connectivity index (χ1v) is 7.60. The van der Waals surface area contributed by atoms with Crippen LogP contribution in [0.4, 0.5) is 10.1 Å². The molecule has 0 unspecified atom stereocenters. The van der Waals surface area contributed by atoms with E-state index in [0.29, 0.717) is 22.7 Å². The zero-order valence-electron chi connectivity index (χ0n) is 14.2. The molecule has 0 radical (unpaired) electrons. The third kappa shape index (κ3) is 5.20. The largest absolute Gasteiger partial charge is 0.497 e. The minimum atomic E-state index is -0.541. The summed E-state index contributed by atoms with van der Waals surface area (Å²) in [5.74, 6) is 0.582. The normalized spacial score (nSPS) is 11.8. The molecule has 0 fully saturated rings. The molecule has 1 amide bonds. The third-order valence-electron chi connectivity index (χ3n) is 3.44. The van der Waals surface area contributed by atoms with Crippen molar-refractivity contribution in [1.29, 1.82) is 0 Å². The number of carbonyl (C=O) groups is 1. The van der Waals surface area contributed by atoms with Gasteiger partial charge in [-0.2, -0.15) is 5.10 Å². The first-order chi connectivity index (χ1) is 12.0. The van der Waals surface area contributed by atoms with Crippen molar-refractivity contribution in [2.24, 2.45) is 5.10 Å². The SMILES string of the molecule is COc1ccc(/C=N\NC(=O)[C@@H](C)Nc2ccc(F)cc2)c(OC)c1. The van der Waals surface area contributed by atoms with E-state index in [4.69, 9.17) is 9.47 Å².